The summed E-state index contributed by atoms with van der Waals surface area (Å²) in [4.78, 5) is 10.1. The third kappa shape index (κ3) is 2.82. The van der Waals surface area contributed by atoms with Gasteiger partial charge in [0.1, 0.15) is 6.61 Å². The fourth-order valence-corrected chi connectivity index (χ4v) is 1.60. The molecule has 0 aromatic heterocycles. The van der Waals surface area contributed by atoms with Crippen molar-refractivity contribution < 1.29 is 18.4 Å². The van der Waals surface area contributed by atoms with E-state index in [1.165, 1.54) is 24.3 Å². The summed E-state index contributed by atoms with van der Waals surface area (Å²) in [7, 11) is 0. The van der Waals surface area contributed by atoms with Gasteiger partial charge in [-0.05, 0) is 18.2 Å². The van der Waals surface area contributed by atoms with Crippen molar-refractivity contribution in [3.63, 3.8) is 0 Å². The lowest BCUT2D eigenvalue weighted by molar-refractivity contribution is -0.384. The van der Waals surface area contributed by atoms with Gasteiger partial charge in [-0.25, -0.2) is 8.78 Å². The lowest BCUT2D eigenvalue weighted by Crippen LogP contribution is -2.03. The Kier molecular flexibility index (Phi) is 3.79. The van der Waals surface area contributed by atoms with E-state index in [2.05, 4.69) is 0 Å². The molecule has 0 saturated carbocycles. The summed E-state index contributed by atoms with van der Waals surface area (Å²) >= 11 is 0. The Bertz CT molecular complexity index is 642. The molecule has 7 heteroatoms. The summed E-state index contributed by atoms with van der Waals surface area (Å²) in [6.45, 7) is -0.272. The number of rotatable bonds is 4. The number of hydrogen-bond acceptors (Lipinski definition) is 4. The maximum absolute atomic E-state index is 13.4. The first-order valence-corrected chi connectivity index (χ1v) is 5.58. The van der Waals surface area contributed by atoms with Gasteiger partial charge in [-0.15, -0.1) is 0 Å². The van der Waals surface area contributed by atoms with E-state index in [0.29, 0.717) is 0 Å². The summed E-state index contributed by atoms with van der Waals surface area (Å²) in [5, 5.41) is 10.7. The van der Waals surface area contributed by atoms with Crippen molar-refractivity contribution in [3.05, 3.63) is 63.7 Å². The molecule has 0 bridgehead atoms. The number of nitrogen functional groups attached to an aromatic ring is 1. The highest BCUT2D eigenvalue weighted by molar-refractivity contribution is 5.52. The van der Waals surface area contributed by atoms with Crippen LogP contribution in [0, 0.1) is 21.7 Å². The highest BCUT2D eigenvalue weighted by atomic mass is 19.1. The SMILES string of the molecule is Nc1ccc([N+](=O)[O-])cc1COc1c(F)cccc1F. The van der Waals surface area contributed by atoms with Crippen LogP contribution in [-0.4, -0.2) is 4.92 Å². The molecule has 2 aromatic rings. The molecule has 0 saturated heterocycles. The lowest BCUT2D eigenvalue weighted by atomic mass is 10.1. The van der Waals surface area contributed by atoms with E-state index in [-0.39, 0.29) is 23.5 Å². The van der Waals surface area contributed by atoms with Crippen LogP contribution in [-0.2, 0) is 6.61 Å². The number of non-ortho nitro benzene ring substituents is 1. The summed E-state index contributed by atoms with van der Waals surface area (Å²) in [5.74, 6) is -2.25. The van der Waals surface area contributed by atoms with Crippen molar-refractivity contribution in [2.24, 2.45) is 0 Å². The molecule has 0 spiro atoms. The van der Waals surface area contributed by atoms with E-state index in [1.54, 1.807) is 0 Å². The maximum atomic E-state index is 13.4. The number of ether oxygens (including phenoxy) is 1. The van der Waals surface area contributed by atoms with Crippen molar-refractivity contribution in [2.75, 3.05) is 5.73 Å². The van der Waals surface area contributed by atoms with E-state index in [9.17, 15) is 18.9 Å². The molecular formula is C13H10F2N2O3. The van der Waals surface area contributed by atoms with Crippen molar-refractivity contribution in [1.29, 1.82) is 0 Å². The molecule has 0 aliphatic heterocycles. The van der Waals surface area contributed by atoms with Gasteiger partial charge < -0.3 is 10.5 Å². The van der Waals surface area contributed by atoms with E-state index in [0.717, 1.165) is 12.1 Å². The predicted octanol–water partition coefficient (Wildman–Crippen LogP) is 3.03. The van der Waals surface area contributed by atoms with Crippen molar-refractivity contribution in [1.82, 2.24) is 0 Å². The number of para-hydroxylation sites is 1. The average molecular weight is 280 g/mol. The molecule has 0 atom stereocenters. The quantitative estimate of drug-likeness (QED) is 0.530. The number of nitrogens with two attached hydrogens (primary N) is 1. The second-order valence-corrected chi connectivity index (χ2v) is 3.98. The van der Waals surface area contributed by atoms with Gasteiger partial charge in [0.05, 0.1) is 4.92 Å². The molecule has 0 amide bonds. The van der Waals surface area contributed by atoms with Crippen LogP contribution < -0.4 is 10.5 Å². The molecule has 0 unspecified atom stereocenters. The number of hydrogen-bond donors (Lipinski definition) is 1. The lowest BCUT2D eigenvalue weighted by Gasteiger charge is -2.09. The van der Waals surface area contributed by atoms with Crippen LogP contribution in [0.3, 0.4) is 0 Å². The van der Waals surface area contributed by atoms with Crippen LogP contribution in [0.4, 0.5) is 20.2 Å². The number of nitro benzene ring substituents is 1. The van der Waals surface area contributed by atoms with Crippen LogP contribution in [0.25, 0.3) is 0 Å². The largest absolute Gasteiger partial charge is 0.483 e. The molecule has 0 radical (unpaired) electrons. The Morgan fingerprint density at radius 1 is 1.20 bits per heavy atom. The molecule has 0 aliphatic rings. The number of anilines is 1. The number of nitro groups is 1. The highest BCUT2D eigenvalue weighted by Crippen LogP contribution is 2.25. The highest BCUT2D eigenvalue weighted by Gasteiger charge is 2.13. The zero-order valence-corrected chi connectivity index (χ0v) is 10.2. The zero-order valence-electron chi connectivity index (χ0n) is 10.2. The Morgan fingerprint density at radius 3 is 2.45 bits per heavy atom. The smallest absolute Gasteiger partial charge is 0.269 e. The number of nitrogens with zero attached hydrogens (tertiary/aromatic N) is 1. The zero-order chi connectivity index (χ0) is 14.7. The van der Waals surface area contributed by atoms with Crippen molar-refractivity contribution >= 4 is 11.4 Å². The topological polar surface area (TPSA) is 78.4 Å². The van der Waals surface area contributed by atoms with Gasteiger partial charge in [0.15, 0.2) is 17.4 Å². The van der Waals surface area contributed by atoms with Crippen LogP contribution in [0.2, 0.25) is 0 Å². The van der Waals surface area contributed by atoms with Crippen LogP contribution >= 0.6 is 0 Å². The molecule has 2 rings (SSSR count). The first-order chi connectivity index (χ1) is 9.49. The minimum atomic E-state index is -0.853. The van der Waals surface area contributed by atoms with Gasteiger partial charge in [-0.3, -0.25) is 10.1 Å². The monoisotopic (exact) mass is 280 g/mol. The molecule has 2 aromatic carbocycles. The summed E-state index contributed by atoms with van der Waals surface area (Å²) in [6, 6.07) is 7.09. The van der Waals surface area contributed by atoms with Gasteiger partial charge in [-0.2, -0.15) is 0 Å². The first kappa shape index (κ1) is 13.7. The summed E-state index contributed by atoms with van der Waals surface area (Å²) in [5.41, 5.74) is 5.99. The van der Waals surface area contributed by atoms with Crippen molar-refractivity contribution in [2.45, 2.75) is 6.61 Å². The summed E-state index contributed by atoms with van der Waals surface area (Å²) < 4.78 is 31.7. The van der Waals surface area contributed by atoms with Gasteiger partial charge >= 0.3 is 0 Å². The molecule has 0 fully saturated rings. The predicted molar refractivity (Wildman–Crippen MR) is 68.2 cm³/mol. The Hall–Kier alpha value is -2.70. The Labute approximate surface area is 112 Å². The van der Waals surface area contributed by atoms with Gasteiger partial charge in [-0.1, -0.05) is 6.07 Å². The van der Waals surface area contributed by atoms with E-state index in [4.69, 9.17) is 10.5 Å². The molecular weight excluding hydrogens is 270 g/mol. The van der Waals surface area contributed by atoms with Gasteiger partial charge in [0.2, 0.25) is 0 Å². The molecule has 2 N–H and O–H groups in total. The van der Waals surface area contributed by atoms with Crippen LogP contribution in [0.1, 0.15) is 5.56 Å². The second-order valence-electron chi connectivity index (χ2n) is 3.98. The van der Waals surface area contributed by atoms with E-state index < -0.39 is 22.3 Å². The molecule has 0 heterocycles. The first-order valence-electron chi connectivity index (χ1n) is 5.58. The molecule has 5 nitrogen and oxygen atoms in total. The standard InChI is InChI=1S/C13H10F2N2O3/c14-10-2-1-3-11(15)13(10)20-7-8-6-9(17(18)19)4-5-12(8)16/h1-6H,7,16H2. The number of halogens is 2. The molecule has 20 heavy (non-hydrogen) atoms. The van der Waals surface area contributed by atoms with Gasteiger partial charge in [0, 0.05) is 23.4 Å². The molecule has 0 aliphatic carbocycles. The van der Waals surface area contributed by atoms with E-state index >= 15 is 0 Å². The average Bonchev–Trinajstić information content (AvgIpc) is 2.39. The Morgan fingerprint density at radius 2 is 1.85 bits per heavy atom. The third-order valence-electron chi connectivity index (χ3n) is 2.63. The fraction of sp³-hybridized carbons (Fsp3) is 0.0769. The summed E-state index contributed by atoms with van der Waals surface area (Å²) in [6.07, 6.45) is 0. The van der Waals surface area contributed by atoms with Crippen LogP contribution in [0.15, 0.2) is 36.4 Å². The third-order valence-corrected chi connectivity index (χ3v) is 2.63. The normalized spacial score (nSPS) is 10.3. The van der Waals surface area contributed by atoms with Gasteiger partial charge in [0.25, 0.3) is 5.69 Å². The second kappa shape index (κ2) is 5.52. The Balaban J connectivity index is 2.23. The van der Waals surface area contributed by atoms with E-state index in [1.807, 2.05) is 0 Å². The minimum Gasteiger partial charge on any atom is -0.483 e. The van der Waals surface area contributed by atoms with Crippen LogP contribution in [0.5, 0.6) is 5.75 Å². The number of benzene rings is 2. The fourth-order valence-electron chi connectivity index (χ4n) is 1.60. The minimum absolute atomic E-state index is 0.174. The van der Waals surface area contributed by atoms with Crippen molar-refractivity contribution in [3.8, 4) is 5.75 Å². The maximum Gasteiger partial charge on any atom is 0.269 e. The molecule has 104 valence electrons.